The molecule has 0 fully saturated rings. The van der Waals surface area contributed by atoms with Crippen LogP contribution in [0.25, 0.3) is 0 Å². The van der Waals surface area contributed by atoms with E-state index in [0.29, 0.717) is 15.0 Å². The summed E-state index contributed by atoms with van der Waals surface area (Å²) in [4.78, 5) is 12.2. The van der Waals surface area contributed by atoms with Crippen LogP contribution in [-0.2, 0) is 0 Å². The normalized spacial score (nSPS) is 9.71. The van der Waals surface area contributed by atoms with Crippen LogP contribution in [0.1, 0.15) is 23.5 Å². The predicted octanol–water partition coefficient (Wildman–Crippen LogP) is 3.56. The van der Waals surface area contributed by atoms with Crippen LogP contribution in [0.5, 0.6) is 5.75 Å². The van der Waals surface area contributed by atoms with E-state index in [1.54, 1.807) is 12.1 Å². The number of hydrogen-bond acceptors (Lipinski definition) is 3. The van der Waals surface area contributed by atoms with Gasteiger partial charge < -0.3 is 4.74 Å². The fourth-order valence-electron chi connectivity index (χ4n) is 0.997. The lowest BCUT2D eigenvalue weighted by molar-refractivity contribution is 0.104. The van der Waals surface area contributed by atoms with Crippen molar-refractivity contribution in [3.63, 3.8) is 0 Å². The van der Waals surface area contributed by atoms with Gasteiger partial charge in [0.1, 0.15) is 10.6 Å². The number of rotatable bonds is 3. The smallest absolute Gasteiger partial charge is 0.199 e. The Hall–Kier alpha value is -0.800. The van der Waals surface area contributed by atoms with Gasteiger partial charge in [0.15, 0.2) is 5.78 Å². The van der Waals surface area contributed by atoms with Gasteiger partial charge in [-0.05, 0) is 19.9 Å². The summed E-state index contributed by atoms with van der Waals surface area (Å²) in [7, 11) is 1.53. The van der Waals surface area contributed by atoms with Crippen molar-refractivity contribution < 1.29 is 9.53 Å². The zero-order valence-electron chi connectivity index (χ0n) is 8.26. The van der Waals surface area contributed by atoms with Gasteiger partial charge in [-0.15, -0.1) is 11.3 Å². The summed E-state index contributed by atoms with van der Waals surface area (Å²) in [6.45, 7) is 3.75. The molecular weight excluding hydrogens is 220 g/mol. The minimum atomic E-state index is -0.0567. The van der Waals surface area contributed by atoms with Gasteiger partial charge in [-0.1, -0.05) is 17.2 Å². The lowest BCUT2D eigenvalue weighted by Crippen LogP contribution is -1.94. The lowest BCUT2D eigenvalue weighted by atomic mass is 10.2. The summed E-state index contributed by atoms with van der Waals surface area (Å²) in [6, 6.07) is 1.65. The van der Waals surface area contributed by atoms with Crippen LogP contribution in [0.4, 0.5) is 0 Å². The second-order valence-corrected chi connectivity index (χ2v) is 4.72. The second-order valence-electron chi connectivity index (χ2n) is 3.03. The standard InChI is InChI=1S/C10H11ClO2S/c1-6(2)4-7(12)10-8(13-3)5-9(11)14-10/h4-5H,1-3H3. The Morgan fingerprint density at radius 1 is 1.57 bits per heavy atom. The van der Waals surface area contributed by atoms with Crippen LogP contribution in [0, 0.1) is 0 Å². The third-order valence-electron chi connectivity index (χ3n) is 1.53. The number of carbonyl (C=O) groups is 1. The first-order chi connectivity index (χ1) is 6.54. The molecule has 4 heteroatoms. The molecule has 0 aliphatic carbocycles. The molecule has 0 saturated heterocycles. The van der Waals surface area contributed by atoms with Gasteiger partial charge in [-0.25, -0.2) is 0 Å². The van der Waals surface area contributed by atoms with Gasteiger partial charge >= 0.3 is 0 Å². The zero-order chi connectivity index (χ0) is 10.7. The molecule has 76 valence electrons. The molecular formula is C10H11ClO2S. The summed E-state index contributed by atoms with van der Waals surface area (Å²) in [5, 5.41) is 0. The number of halogens is 1. The van der Waals surface area contributed by atoms with E-state index >= 15 is 0 Å². The molecule has 0 unspecified atom stereocenters. The first-order valence-corrected chi connectivity index (χ1v) is 5.26. The third-order valence-corrected chi connectivity index (χ3v) is 2.79. The van der Waals surface area contributed by atoms with Crippen molar-refractivity contribution >= 4 is 28.7 Å². The van der Waals surface area contributed by atoms with Gasteiger partial charge in [0, 0.05) is 6.07 Å². The molecule has 0 aliphatic heterocycles. The summed E-state index contributed by atoms with van der Waals surface area (Å²) in [5.74, 6) is 0.487. The molecule has 0 aromatic carbocycles. The van der Waals surface area contributed by atoms with Crippen molar-refractivity contribution in [3.05, 3.63) is 26.9 Å². The Morgan fingerprint density at radius 3 is 2.71 bits per heavy atom. The molecule has 0 aliphatic rings. The Kier molecular flexibility index (Phi) is 3.72. The van der Waals surface area contributed by atoms with Gasteiger partial charge in [-0.3, -0.25) is 4.79 Å². The Bertz CT molecular complexity index is 375. The van der Waals surface area contributed by atoms with E-state index in [2.05, 4.69) is 0 Å². The number of hydrogen-bond donors (Lipinski definition) is 0. The molecule has 14 heavy (non-hydrogen) atoms. The summed E-state index contributed by atoms with van der Waals surface area (Å²) >= 11 is 7.03. The van der Waals surface area contributed by atoms with Crippen molar-refractivity contribution in [2.24, 2.45) is 0 Å². The van der Waals surface area contributed by atoms with Crippen LogP contribution in [0.3, 0.4) is 0 Å². The van der Waals surface area contributed by atoms with Crippen LogP contribution < -0.4 is 4.74 Å². The monoisotopic (exact) mass is 230 g/mol. The SMILES string of the molecule is COc1cc(Cl)sc1C(=O)C=C(C)C. The van der Waals surface area contributed by atoms with Crippen molar-refractivity contribution in [2.45, 2.75) is 13.8 Å². The van der Waals surface area contributed by atoms with Crippen molar-refractivity contribution in [2.75, 3.05) is 7.11 Å². The van der Waals surface area contributed by atoms with Crippen LogP contribution in [0.2, 0.25) is 4.34 Å². The maximum atomic E-state index is 11.6. The van der Waals surface area contributed by atoms with Gasteiger partial charge in [0.25, 0.3) is 0 Å². The average molecular weight is 231 g/mol. The second kappa shape index (κ2) is 4.62. The van der Waals surface area contributed by atoms with Crippen LogP contribution in [-0.4, -0.2) is 12.9 Å². The first-order valence-electron chi connectivity index (χ1n) is 4.07. The summed E-state index contributed by atoms with van der Waals surface area (Å²) in [5.41, 5.74) is 0.960. The molecule has 1 rings (SSSR count). The van der Waals surface area contributed by atoms with Gasteiger partial charge in [0.2, 0.25) is 0 Å². The summed E-state index contributed by atoms with van der Waals surface area (Å²) in [6.07, 6.45) is 1.57. The molecule has 0 radical (unpaired) electrons. The number of thiophene rings is 1. The average Bonchev–Trinajstić information content (AvgIpc) is 2.45. The Balaban J connectivity index is 3.06. The van der Waals surface area contributed by atoms with E-state index < -0.39 is 0 Å². The number of methoxy groups -OCH3 is 1. The zero-order valence-corrected chi connectivity index (χ0v) is 9.83. The van der Waals surface area contributed by atoms with Gasteiger partial charge in [0.05, 0.1) is 11.4 Å². The van der Waals surface area contributed by atoms with E-state index in [0.717, 1.165) is 5.57 Å². The molecule has 1 aromatic rings. The minimum Gasteiger partial charge on any atom is -0.495 e. The minimum absolute atomic E-state index is 0.0567. The molecule has 0 atom stereocenters. The molecule has 2 nitrogen and oxygen atoms in total. The Morgan fingerprint density at radius 2 is 2.21 bits per heavy atom. The van der Waals surface area contributed by atoms with E-state index in [-0.39, 0.29) is 5.78 Å². The Labute approximate surface area is 92.2 Å². The third kappa shape index (κ3) is 2.59. The van der Waals surface area contributed by atoms with Crippen molar-refractivity contribution in [3.8, 4) is 5.75 Å². The quantitative estimate of drug-likeness (QED) is 0.586. The highest BCUT2D eigenvalue weighted by Crippen LogP contribution is 2.33. The summed E-state index contributed by atoms with van der Waals surface area (Å²) < 4.78 is 5.61. The van der Waals surface area contributed by atoms with Crippen molar-refractivity contribution in [1.82, 2.24) is 0 Å². The van der Waals surface area contributed by atoms with Gasteiger partial charge in [-0.2, -0.15) is 0 Å². The number of ether oxygens (including phenoxy) is 1. The highest BCUT2D eigenvalue weighted by Gasteiger charge is 2.14. The maximum absolute atomic E-state index is 11.6. The number of carbonyl (C=O) groups excluding carboxylic acids is 1. The fraction of sp³-hybridized carbons (Fsp3) is 0.300. The van der Waals surface area contributed by atoms with Crippen molar-refractivity contribution in [1.29, 1.82) is 0 Å². The molecule has 0 amide bonds. The topological polar surface area (TPSA) is 26.3 Å². The molecule has 1 aromatic heterocycles. The predicted molar refractivity (Wildman–Crippen MR) is 59.6 cm³/mol. The fourth-order valence-corrected chi connectivity index (χ4v) is 2.09. The lowest BCUT2D eigenvalue weighted by Gasteiger charge is -1.97. The molecule has 0 spiro atoms. The molecule has 0 saturated carbocycles. The van der Waals surface area contributed by atoms with Crippen LogP contribution in [0.15, 0.2) is 17.7 Å². The maximum Gasteiger partial charge on any atom is 0.199 e. The van der Waals surface area contributed by atoms with E-state index in [4.69, 9.17) is 16.3 Å². The van der Waals surface area contributed by atoms with Crippen LogP contribution >= 0.6 is 22.9 Å². The molecule has 0 bridgehead atoms. The van der Waals surface area contributed by atoms with E-state index in [1.165, 1.54) is 18.4 Å². The highest BCUT2D eigenvalue weighted by atomic mass is 35.5. The molecule has 1 heterocycles. The number of ketones is 1. The molecule has 0 N–H and O–H groups in total. The number of allylic oxidation sites excluding steroid dienone is 2. The van der Waals surface area contributed by atoms with E-state index in [9.17, 15) is 4.79 Å². The largest absolute Gasteiger partial charge is 0.495 e. The van der Waals surface area contributed by atoms with E-state index in [1.807, 2.05) is 13.8 Å². The highest BCUT2D eigenvalue weighted by molar-refractivity contribution is 7.18. The first kappa shape index (κ1) is 11.3.